The lowest BCUT2D eigenvalue weighted by Gasteiger charge is -2.19. The smallest absolute Gasteiger partial charge is 0.312 e. The van der Waals surface area contributed by atoms with Crippen molar-refractivity contribution in [1.29, 1.82) is 0 Å². The molecule has 0 aliphatic carbocycles. The van der Waals surface area contributed by atoms with E-state index >= 15 is 0 Å². The predicted molar refractivity (Wildman–Crippen MR) is 48.1 cm³/mol. The SMILES string of the molecule is CC(C)C(NC(N)=O)C(N)=S. The topological polar surface area (TPSA) is 81.1 Å². The Kier molecular flexibility index (Phi) is 3.81. The summed E-state index contributed by atoms with van der Waals surface area (Å²) in [5.41, 5.74) is 10.3. The van der Waals surface area contributed by atoms with Crippen LogP contribution in [0.4, 0.5) is 4.79 Å². The minimum atomic E-state index is -0.600. The zero-order valence-corrected chi connectivity index (χ0v) is 7.44. The molecule has 11 heavy (non-hydrogen) atoms. The molecule has 0 bridgehead atoms. The van der Waals surface area contributed by atoms with Crippen molar-refractivity contribution in [2.24, 2.45) is 17.4 Å². The van der Waals surface area contributed by atoms with Gasteiger partial charge in [0, 0.05) is 0 Å². The van der Waals surface area contributed by atoms with E-state index in [-0.39, 0.29) is 16.9 Å². The van der Waals surface area contributed by atoms with Crippen molar-refractivity contribution in [3.63, 3.8) is 0 Å². The van der Waals surface area contributed by atoms with Crippen LogP contribution in [0, 0.1) is 5.92 Å². The number of nitrogens with one attached hydrogen (secondary N) is 1. The van der Waals surface area contributed by atoms with Crippen LogP contribution in [0.15, 0.2) is 0 Å². The Morgan fingerprint density at radius 2 is 1.91 bits per heavy atom. The molecule has 0 saturated heterocycles. The average Bonchev–Trinajstić information content (AvgIpc) is 1.81. The van der Waals surface area contributed by atoms with E-state index in [0.29, 0.717) is 0 Å². The zero-order chi connectivity index (χ0) is 9.02. The van der Waals surface area contributed by atoms with Gasteiger partial charge in [-0.3, -0.25) is 0 Å². The Morgan fingerprint density at radius 1 is 1.45 bits per heavy atom. The highest BCUT2D eigenvalue weighted by atomic mass is 32.1. The second kappa shape index (κ2) is 4.12. The van der Waals surface area contributed by atoms with Gasteiger partial charge in [0.15, 0.2) is 0 Å². The first kappa shape index (κ1) is 10.2. The first-order valence-corrected chi connectivity index (χ1v) is 3.71. The van der Waals surface area contributed by atoms with Gasteiger partial charge in [-0.15, -0.1) is 0 Å². The third kappa shape index (κ3) is 3.77. The van der Waals surface area contributed by atoms with Gasteiger partial charge in [0.05, 0.1) is 11.0 Å². The average molecular weight is 175 g/mol. The van der Waals surface area contributed by atoms with Gasteiger partial charge >= 0.3 is 6.03 Å². The van der Waals surface area contributed by atoms with Crippen molar-refractivity contribution in [2.75, 3.05) is 0 Å². The molecule has 64 valence electrons. The highest BCUT2D eigenvalue weighted by molar-refractivity contribution is 7.80. The number of rotatable bonds is 3. The lowest BCUT2D eigenvalue weighted by atomic mass is 10.1. The molecule has 0 aromatic carbocycles. The molecule has 0 fully saturated rings. The van der Waals surface area contributed by atoms with Crippen molar-refractivity contribution in [3.05, 3.63) is 0 Å². The second-order valence-electron chi connectivity index (χ2n) is 2.63. The largest absolute Gasteiger partial charge is 0.392 e. The number of amides is 2. The standard InChI is InChI=1S/C6H13N3OS/c1-3(2)4(5(7)11)9-6(8)10/h3-4H,1-2H3,(H2,7,11)(H3,8,9,10). The molecule has 4 nitrogen and oxygen atoms in total. The Morgan fingerprint density at radius 3 is 2.00 bits per heavy atom. The highest BCUT2D eigenvalue weighted by Gasteiger charge is 2.16. The lowest BCUT2D eigenvalue weighted by molar-refractivity contribution is 0.245. The van der Waals surface area contributed by atoms with E-state index in [1.54, 1.807) is 0 Å². The normalized spacial score (nSPS) is 12.6. The van der Waals surface area contributed by atoms with Crippen molar-refractivity contribution < 1.29 is 4.79 Å². The Hall–Kier alpha value is -0.840. The molecule has 0 aliphatic rings. The quantitative estimate of drug-likeness (QED) is 0.527. The number of primary amides is 1. The molecule has 0 saturated carbocycles. The highest BCUT2D eigenvalue weighted by Crippen LogP contribution is 2.00. The van der Waals surface area contributed by atoms with Crippen LogP contribution in [0.25, 0.3) is 0 Å². The summed E-state index contributed by atoms with van der Waals surface area (Å²) in [5.74, 6) is 0.167. The summed E-state index contributed by atoms with van der Waals surface area (Å²) in [6, 6.07) is -0.904. The number of nitrogens with two attached hydrogens (primary N) is 2. The van der Waals surface area contributed by atoms with Gasteiger partial charge in [-0.05, 0) is 5.92 Å². The van der Waals surface area contributed by atoms with E-state index < -0.39 is 6.03 Å². The molecule has 5 N–H and O–H groups in total. The number of carbonyl (C=O) groups excluding carboxylic acids is 1. The number of thiocarbonyl (C=S) groups is 1. The Labute approximate surface area is 71.3 Å². The van der Waals surface area contributed by atoms with Crippen LogP contribution in [-0.2, 0) is 0 Å². The summed E-state index contributed by atoms with van der Waals surface area (Å²) in [6.07, 6.45) is 0. The minimum Gasteiger partial charge on any atom is -0.392 e. The molecular formula is C6H13N3OS. The summed E-state index contributed by atoms with van der Waals surface area (Å²) in [6.45, 7) is 3.81. The maximum Gasteiger partial charge on any atom is 0.312 e. The molecule has 1 atom stereocenters. The van der Waals surface area contributed by atoms with Gasteiger partial charge in [-0.2, -0.15) is 0 Å². The maximum absolute atomic E-state index is 10.4. The molecule has 0 heterocycles. The fourth-order valence-electron chi connectivity index (χ4n) is 0.720. The Bertz CT molecular complexity index is 169. The summed E-state index contributed by atoms with van der Waals surface area (Å²) in [5, 5.41) is 2.45. The van der Waals surface area contributed by atoms with Crippen molar-refractivity contribution in [2.45, 2.75) is 19.9 Å². The first-order valence-electron chi connectivity index (χ1n) is 3.30. The van der Waals surface area contributed by atoms with E-state index in [4.69, 9.17) is 23.7 Å². The zero-order valence-electron chi connectivity index (χ0n) is 6.63. The number of carbonyl (C=O) groups is 1. The van der Waals surface area contributed by atoms with Crippen LogP contribution in [0.1, 0.15) is 13.8 Å². The van der Waals surface area contributed by atoms with Gasteiger partial charge in [0.1, 0.15) is 0 Å². The van der Waals surface area contributed by atoms with Crippen LogP contribution in [0.2, 0.25) is 0 Å². The Balaban J connectivity index is 4.12. The lowest BCUT2D eigenvalue weighted by Crippen LogP contribution is -2.48. The molecule has 0 spiro atoms. The minimum absolute atomic E-state index is 0.167. The summed E-state index contributed by atoms with van der Waals surface area (Å²) in [4.78, 5) is 10.7. The van der Waals surface area contributed by atoms with Crippen LogP contribution < -0.4 is 16.8 Å². The van der Waals surface area contributed by atoms with Gasteiger partial charge in [0.25, 0.3) is 0 Å². The molecule has 0 radical (unpaired) electrons. The maximum atomic E-state index is 10.4. The number of urea groups is 1. The van der Waals surface area contributed by atoms with Crippen LogP contribution in [0.5, 0.6) is 0 Å². The molecule has 5 heteroatoms. The molecule has 0 aliphatic heterocycles. The predicted octanol–water partition coefficient (Wildman–Crippen LogP) is -0.0346. The van der Waals surface area contributed by atoms with Crippen LogP contribution >= 0.6 is 12.2 Å². The molecule has 1 unspecified atom stereocenters. The van der Waals surface area contributed by atoms with E-state index in [0.717, 1.165) is 0 Å². The second-order valence-corrected chi connectivity index (χ2v) is 3.10. The molecule has 0 rings (SSSR count). The molecule has 2 amide bonds. The van der Waals surface area contributed by atoms with Crippen LogP contribution in [-0.4, -0.2) is 17.1 Å². The third-order valence-electron chi connectivity index (χ3n) is 1.27. The van der Waals surface area contributed by atoms with E-state index in [9.17, 15) is 4.79 Å². The first-order chi connectivity index (χ1) is 4.95. The van der Waals surface area contributed by atoms with Gasteiger partial charge in [-0.1, -0.05) is 26.1 Å². The monoisotopic (exact) mass is 175 g/mol. The fraction of sp³-hybridized carbons (Fsp3) is 0.667. The van der Waals surface area contributed by atoms with Crippen LogP contribution in [0.3, 0.4) is 0 Å². The van der Waals surface area contributed by atoms with Gasteiger partial charge in [-0.25, -0.2) is 4.79 Å². The van der Waals surface area contributed by atoms with Crippen molar-refractivity contribution in [3.8, 4) is 0 Å². The third-order valence-corrected chi connectivity index (χ3v) is 1.52. The van der Waals surface area contributed by atoms with E-state index in [2.05, 4.69) is 5.32 Å². The molecule has 0 aromatic rings. The molecular weight excluding hydrogens is 162 g/mol. The van der Waals surface area contributed by atoms with E-state index in [1.165, 1.54) is 0 Å². The summed E-state index contributed by atoms with van der Waals surface area (Å²) < 4.78 is 0. The molecule has 0 aromatic heterocycles. The van der Waals surface area contributed by atoms with Gasteiger partial charge < -0.3 is 16.8 Å². The van der Waals surface area contributed by atoms with Crippen molar-refractivity contribution in [1.82, 2.24) is 5.32 Å². The summed E-state index contributed by atoms with van der Waals surface area (Å²) in [7, 11) is 0. The summed E-state index contributed by atoms with van der Waals surface area (Å²) >= 11 is 4.72. The fourth-order valence-corrected chi connectivity index (χ4v) is 1.05. The van der Waals surface area contributed by atoms with E-state index in [1.807, 2.05) is 13.8 Å². The van der Waals surface area contributed by atoms with Gasteiger partial charge in [0.2, 0.25) is 0 Å². The van der Waals surface area contributed by atoms with Crippen molar-refractivity contribution >= 4 is 23.2 Å². The number of hydrogen-bond donors (Lipinski definition) is 3. The number of hydrogen-bond acceptors (Lipinski definition) is 2.